The molecule has 0 bridgehead atoms. The molecule has 0 amide bonds. The molecule has 0 fully saturated rings. The number of carboxylic acids is 1. The van der Waals surface area contributed by atoms with Crippen LogP contribution in [0.4, 0.5) is 17.6 Å². The SMILES string of the molecule is Cc1ccc(OCc2cccc[n+]2C)c(F)c1.O=C([O-])C(F)(F)F. The molecule has 1 heterocycles. The van der Waals surface area contributed by atoms with Crippen molar-refractivity contribution in [3.63, 3.8) is 0 Å². The van der Waals surface area contributed by atoms with Crippen molar-refractivity contribution in [2.45, 2.75) is 19.7 Å². The second kappa shape index (κ2) is 8.28. The Morgan fingerprint density at radius 1 is 1.25 bits per heavy atom. The molecule has 0 radical (unpaired) electrons. The quantitative estimate of drug-likeness (QED) is 0.630. The zero-order valence-electron chi connectivity index (χ0n) is 12.9. The summed E-state index contributed by atoms with van der Waals surface area (Å²) in [5.74, 6) is -3.03. The molecule has 0 saturated carbocycles. The Morgan fingerprint density at radius 2 is 1.88 bits per heavy atom. The van der Waals surface area contributed by atoms with Crippen LogP contribution in [0.3, 0.4) is 0 Å². The van der Waals surface area contributed by atoms with Gasteiger partial charge in [-0.15, -0.1) is 0 Å². The molecule has 0 aliphatic rings. The van der Waals surface area contributed by atoms with E-state index in [0.29, 0.717) is 12.4 Å². The highest BCUT2D eigenvalue weighted by Gasteiger charge is 2.28. The highest BCUT2D eigenvalue weighted by atomic mass is 19.4. The molecule has 0 atom stereocenters. The number of alkyl halides is 3. The minimum atomic E-state index is -5.19. The molecule has 0 spiro atoms. The van der Waals surface area contributed by atoms with Crippen LogP contribution in [0.15, 0.2) is 42.6 Å². The van der Waals surface area contributed by atoms with Gasteiger partial charge in [0.2, 0.25) is 5.69 Å². The van der Waals surface area contributed by atoms with Gasteiger partial charge in [-0.05, 0) is 30.7 Å². The molecule has 1 aromatic carbocycles. The molecule has 1 aromatic heterocycles. The van der Waals surface area contributed by atoms with Gasteiger partial charge in [-0.1, -0.05) is 6.07 Å². The summed E-state index contributed by atoms with van der Waals surface area (Å²) in [5, 5.41) is 8.78. The van der Waals surface area contributed by atoms with E-state index in [4.69, 9.17) is 14.6 Å². The summed E-state index contributed by atoms with van der Waals surface area (Å²) in [5.41, 5.74) is 1.88. The maximum atomic E-state index is 13.5. The number of pyridine rings is 1. The van der Waals surface area contributed by atoms with Gasteiger partial charge in [0.05, 0.1) is 0 Å². The largest absolute Gasteiger partial charge is 0.542 e. The minimum absolute atomic E-state index is 0.291. The third-order valence-electron chi connectivity index (χ3n) is 2.86. The Kier molecular flexibility index (Phi) is 6.69. The molecular weight excluding hydrogens is 330 g/mol. The van der Waals surface area contributed by atoms with Crippen molar-refractivity contribution in [3.8, 4) is 5.75 Å². The summed E-state index contributed by atoms with van der Waals surface area (Å²) in [7, 11) is 1.93. The highest BCUT2D eigenvalue weighted by molar-refractivity contribution is 5.70. The summed E-state index contributed by atoms with van der Waals surface area (Å²) in [6.45, 7) is 2.21. The van der Waals surface area contributed by atoms with E-state index in [0.717, 1.165) is 11.3 Å². The summed E-state index contributed by atoms with van der Waals surface area (Å²) in [6, 6.07) is 10.8. The smallest absolute Gasteiger partial charge is 0.430 e. The van der Waals surface area contributed by atoms with Crippen molar-refractivity contribution in [1.29, 1.82) is 0 Å². The first kappa shape index (κ1) is 19.4. The fraction of sp³-hybridized carbons (Fsp3) is 0.250. The number of aryl methyl sites for hydroxylation is 2. The monoisotopic (exact) mass is 345 g/mol. The third kappa shape index (κ3) is 6.23. The summed E-state index contributed by atoms with van der Waals surface area (Å²) in [6.07, 6.45) is -3.26. The van der Waals surface area contributed by atoms with Crippen LogP contribution in [0.1, 0.15) is 11.3 Å². The lowest BCUT2D eigenvalue weighted by Gasteiger charge is -2.06. The molecule has 0 aliphatic carbocycles. The zero-order chi connectivity index (χ0) is 18.3. The van der Waals surface area contributed by atoms with Gasteiger partial charge < -0.3 is 14.6 Å². The number of carboxylic acid groups (broad SMARTS) is 1. The van der Waals surface area contributed by atoms with Crippen molar-refractivity contribution in [2.24, 2.45) is 7.05 Å². The van der Waals surface area contributed by atoms with Gasteiger partial charge in [0.15, 0.2) is 24.4 Å². The van der Waals surface area contributed by atoms with Crippen molar-refractivity contribution in [2.75, 3.05) is 0 Å². The van der Waals surface area contributed by atoms with Gasteiger partial charge in [0, 0.05) is 12.1 Å². The Hall–Kier alpha value is -2.64. The molecule has 0 unspecified atom stereocenters. The fourth-order valence-electron chi connectivity index (χ4n) is 1.58. The van der Waals surface area contributed by atoms with Crippen molar-refractivity contribution in [3.05, 3.63) is 59.7 Å². The molecular formula is C16H15F4NO3. The lowest BCUT2D eigenvalue weighted by Crippen LogP contribution is -2.37. The van der Waals surface area contributed by atoms with Crippen LogP contribution in [-0.2, 0) is 18.4 Å². The molecule has 8 heteroatoms. The maximum Gasteiger partial charge on any atom is 0.430 e. The number of benzene rings is 1. The van der Waals surface area contributed by atoms with Crippen LogP contribution in [0.2, 0.25) is 0 Å². The normalized spacial score (nSPS) is 10.6. The number of nitrogens with zero attached hydrogens (tertiary/aromatic N) is 1. The lowest BCUT2D eigenvalue weighted by molar-refractivity contribution is -0.680. The van der Waals surface area contributed by atoms with E-state index >= 15 is 0 Å². The lowest BCUT2D eigenvalue weighted by atomic mass is 10.2. The standard InChI is InChI=1S/C14H15FNO.C2HF3O2/c1-11-6-7-14(13(15)9-11)17-10-12-5-3-4-8-16(12)2;3-2(4,5)1(6)7/h3-9H,10H2,1-2H3;(H,6,7)/q+1;/p-1. The molecule has 130 valence electrons. The number of hydrogen-bond donors (Lipinski definition) is 0. The summed E-state index contributed by atoms with van der Waals surface area (Å²) in [4.78, 5) is 8.78. The predicted octanol–water partition coefficient (Wildman–Crippen LogP) is 1.84. The van der Waals surface area contributed by atoms with Crippen molar-refractivity contribution >= 4 is 5.97 Å². The zero-order valence-corrected chi connectivity index (χ0v) is 12.9. The molecule has 0 saturated heterocycles. The summed E-state index contributed by atoms with van der Waals surface area (Å²) >= 11 is 0. The summed E-state index contributed by atoms with van der Waals surface area (Å²) < 4.78 is 52.5. The third-order valence-corrected chi connectivity index (χ3v) is 2.86. The average Bonchev–Trinajstić information content (AvgIpc) is 2.47. The Morgan fingerprint density at radius 3 is 2.38 bits per heavy atom. The molecule has 0 N–H and O–H groups in total. The van der Waals surface area contributed by atoms with E-state index in [-0.39, 0.29) is 5.82 Å². The van der Waals surface area contributed by atoms with Gasteiger partial charge in [0.25, 0.3) is 0 Å². The number of carbonyl (C=O) groups excluding carboxylic acids is 1. The van der Waals surface area contributed by atoms with Crippen molar-refractivity contribution in [1.82, 2.24) is 0 Å². The highest BCUT2D eigenvalue weighted by Crippen LogP contribution is 2.18. The predicted molar refractivity (Wildman–Crippen MR) is 74.1 cm³/mol. The average molecular weight is 345 g/mol. The first-order valence-electron chi connectivity index (χ1n) is 6.72. The number of ether oxygens (including phenoxy) is 1. The van der Waals surface area contributed by atoms with E-state index in [1.54, 1.807) is 6.07 Å². The molecule has 2 rings (SSSR count). The number of aliphatic carboxylic acids is 1. The van der Waals surface area contributed by atoms with Crippen LogP contribution in [-0.4, -0.2) is 12.1 Å². The first-order valence-corrected chi connectivity index (χ1v) is 6.72. The number of carbonyl (C=O) groups is 1. The van der Waals surface area contributed by atoms with E-state index in [2.05, 4.69) is 0 Å². The van der Waals surface area contributed by atoms with Gasteiger partial charge >= 0.3 is 6.18 Å². The number of halogens is 4. The van der Waals surface area contributed by atoms with E-state index < -0.39 is 12.1 Å². The Labute approximate surface area is 135 Å². The second-order valence-electron chi connectivity index (χ2n) is 4.81. The van der Waals surface area contributed by atoms with Gasteiger partial charge in [0.1, 0.15) is 13.0 Å². The topological polar surface area (TPSA) is 53.2 Å². The number of hydrogen-bond acceptors (Lipinski definition) is 3. The Balaban J connectivity index is 0.000000351. The van der Waals surface area contributed by atoms with Crippen molar-refractivity contribution < 1.29 is 36.8 Å². The van der Waals surface area contributed by atoms with Crippen LogP contribution in [0.25, 0.3) is 0 Å². The molecule has 2 aromatic rings. The number of rotatable bonds is 3. The van der Waals surface area contributed by atoms with E-state index in [9.17, 15) is 17.6 Å². The van der Waals surface area contributed by atoms with Crippen LogP contribution in [0, 0.1) is 12.7 Å². The van der Waals surface area contributed by atoms with Crippen LogP contribution >= 0.6 is 0 Å². The molecule has 0 aliphatic heterocycles. The first-order chi connectivity index (χ1) is 11.1. The van der Waals surface area contributed by atoms with Crippen LogP contribution in [0.5, 0.6) is 5.75 Å². The van der Waals surface area contributed by atoms with Gasteiger partial charge in [-0.3, -0.25) is 0 Å². The van der Waals surface area contributed by atoms with Gasteiger partial charge in [-0.25, -0.2) is 8.96 Å². The van der Waals surface area contributed by atoms with Crippen LogP contribution < -0.4 is 14.4 Å². The fourth-order valence-corrected chi connectivity index (χ4v) is 1.58. The minimum Gasteiger partial charge on any atom is -0.542 e. The van der Waals surface area contributed by atoms with E-state index in [1.807, 2.05) is 49.0 Å². The van der Waals surface area contributed by atoms with Gasteiger partial charge in [-0.2, -0.15) is 13.2 Å². The van der Waals surface area contributed by atoms with E-state index in [1.165, 1.54) is 6.07 Å². The second-order valence-corrected chi connectivity index (χ2v) is 4.81. The maximum absolute atomic E-state index is 13.5. The number of aromatic nitrogens is 1. The Bertz CT molecular complexity index is 702. The molecule has 24 heavy (non-hydrogen) atoms. The molecule has 4 nitrogen and oxygen atoms in total.